The minimum absolute atomic E-state index is 0.0997. The number of Topliss-reactive ketones (excluding diaryl/α,β-unsaturated/α-hetero) is 1. The highest BCUT2D eigenvalue weighted by Crippen LogP contribution is 2.26. The zero-order valence-electron chi connectivity index (χ0n) is 14.9. The van der Waals surface area contributed by atoms with Crippen LogP contribution in [-0.4, -0.2) is 51.3 Å². The smallest absolute Gasteiger partial charge is 0.411 e. The maximum absolute atomic E-state index is 13.8. The number of carbonyl (C=O) groups is 2. The van der Waals surface area contributed by atoms with Crippen molar-refractivity contribution >= 4 is 11.9 Å². The number of halogens is 1. The van der Waals surface area contributed by atoms with Crippen molar-refractivity contribution in [3.05, 3.63) is 11.7 Å². The van der Waals surface area contributed by atoms with Crippen LogP contribution in [0, 0.1) is 0 Å². The predicted molar refractivity (Wildman–Crippen MR) is 83.6 cm³/mol. The van der Waals surface area contributed by atoms with Crippen molar-refractivity contribution in [3.63, 3.8) is 0 Å². The maximum Gasteiger partial charge on any atom is 0.411 e. The van der Waals surface area contributed by atoms with Gasteiger partial charge in [0, 0.05) is 11.8 Å². The average molecular weight is 341 g/mol. The summed E-state index contributed by atoms with van der Waals surface area (Å²) in [5.74, 6) is -0.377. The molecule has 8 heteroatoms. The molecule has 134 valence electrons. The summed E-state index contributed by atoms with van der Waals surface area (Å²) in [7, 11) is 0. The van der Waals surface area contributed by atoms with Gasteiger partial charge in [0.25, 0.3) is 0 Å². The highest BCUT2D eigenvalue weighted by atomic mass is 19.1. The predicted octanol–water partition coefficient (Wildman–Crippen LogP) is 2.90. The average Bonchev–Trinajstić information content (AvgIpc) is 3.01. The first-order chi connectivity index (χ1) is 10.9. The Bertz CT molecular complexity index is 630. The van der Waals surface area contributed by atoms with E-state index in [0.717, 1.165) is 4.90 Å². The Morgan fingerprint density at radius 2 is 1.88 bits per heavy atom. The number of ketones is 1. The third-order valence-electron chi connectivity index (χ3n) is 3.47. The van der Waals surface area contributed by atoms with Gasteiger partial charge in [0.05, 0.1) is 6.54 Å². The van der Waals surface area contributed by atoms with Gasteiger partial charge in [-0.05, 0) is 20.8 Å². The van der Waals surface area contributed by atoms with E-state index in [4.69, 9.17) is 9.26 Å². The lowest BCUT2D eigenvalue weighted by atomic mass is 9.97. The minimum atomic E-state index is -1.29. The van der Waals surface area contributed by atoms with Crippen LogP contribution in [0.2, 0.25) is 0 Å². The van der Waals surface area contributed by atoms with Crippen molar-refractivity contribution in [1.82, 2.24) is 15.0 Å². The topological polar surface area (TPSA) is 85.5 Å². The fourth-order valence-electron chi connectivity index (χ4n) is 2.33. The van der Waals surface area contributed by atoms with E-state index in [1.54, 1.807) is 20.8 Å². The molecular weight excluding hydrogens is 317 g/mol. The quantitative estimate of drug-likeness (QED) is 0.769. The lowest BCUT2D eigenvalue weighted by Crippen LogP contribution is -2.43. The van der Waals surface area contributed by atoms with Crippen LogP contribution in [0.4, 0.5) is 9.18 Å². The lowest BCUT2D eigenvalue weighted by molar-refractivity contribution is 0.0213. The van der Waals surface area contributed by atoms with E-state index in [0.29, 0.717) is 5.89 Å². The summed E-state index contributed by atoms with van der Waals surface area (Å²) < 4.78 is 24.2. The zero-order valence-corrected chi connectivity index (χ0v) is 14.9. The van der Waals surface area contributed by atoms with Gasteiger partial charge in [0.15, 0.2) is 0 Å². The Balaban J connectivity index is 2.20. The molecule has 1 aromatic heterocycles. The first-order valence-corrected chi connectivity index (χ1v) is 7.90. The van der Waals surface area contributed by atoms with Gasteiger partial charge in [-0.3, -0.25) is 9.69 Å². The van der Waals surface area contributed by atoms with E-state index < -0.39 is 35.1 Å². The molecule has 24 heavy (non-hydrogen) atoms. The van der Waals surface area contributed by atoms with Gasteiger partial charge in [0.2, 0.25) is 17.5 Å². The molecule has 0 aliphatic carbocycles. The molecule has 0 unspecified atom stereocenters. The van der Waals surface area contributed by atoms with Gasteiger partial charge in [-0.2, -0.15) is 4.98 Å². The van der Waals surface area contributed by atoms with E-state index >= 15 is 0 Å². The molecule has 2 atom stereocenters. The molecule has 1 aliphatic rings. The number of rotatable bonds is 2. The van der Waals surface area contributed by atoms with Crippen molar-refractivity contribution in [2.24, 2.45) is 0 Å². The summed E-state index contributed by atoms with van der Waals surface area (Å²) in [6.07, 6.45) is -2.11. The highest BCUT2D eigenvalue weighted by Gasteiger charge is 2.43. The van der Waals surface area contributed by atoms with Gasteiger partial charge in [0.1, 0.15) is 17.8 Å². The third kappa shape index (κ3) is 4.10. The molecular formula is C16H24FN3O4. The number of amides is 1. The molecule has 1 saturated heterocycles. The normalized spacial score (nSPS) is 21.9. The van der Waals surface area contributed by atoms with E-state index in [9.17, 15) is 14.0 Å². The first kappa shape index (κ1) is 18.4. The van der Waals surface area contributed by atoms with E-state index in [-0.39, 0.29) is 18.8 Å². The number of nitrogens with zero attached hydrogens (tertiary/aromatic N) is 3. The monoisotopic (exact) mass is 341 g/mol. The Labute approximate surface area is 140 Å². The van der Waals surface area contributed by atoms with Gasteiger partial charge in [-0.15, -0.1) is 0 Å². The first-order valence-electron chi connectivity index (χ1n) is 7.90. The summed E-state index contributed by atoms with van der Waals surface area (Å²) in [5.41, 5.74) is -1.14. The number of aromatic nitrogens is 2. The maximum atomic E-state index is 13.8. The van der Waals surface area contributed by atoms with Gasteiger partial charge in [-0.1, -0.05) is 25.9 Å². The van der Waals surface area contributed by atoms with Gasteiger partial charge < -0.3 is 9.26 Å². The molecule has 2 rings (SSSR count). The number of carbonyl (C=O) groups excluding carboxylic acids is 2. The second kappa shape index (κ2) is 6.14. The number of ether oxygens (including phenoxy) is 1. The third-order valence-corrected chi connectivity index (χ3v) is 3.47. The van der Waals surface area contributed by atoms with Crippen molar-refractivity contribution < 1.29 is 23.2 Å². The fourth-order valence-corrected chi connectivity index (χ4v) is 2.33. The lowest BCUT2D eigenvalue weighted by Gasteiger charge is -2.27. The number of hydrogen-bond donors (Lipinski definition) is 0. The summed E-state index contributed by atoms with van der Waals surface area (Å²) in [4.78, 5) is 30.0. The molecule has 1 fully saturated rings. The van der Waals surface area contributed by atoms with E-state index in [1.165, 1.54) is 0 Å². The summed E-state index contributed by atoms with van der Waals surface area (Å²) in [6.45, 7) is 10.5. The van der Waals surface area contributed by atoms with Crippen molar-refractivity contribution in [1.29, 1.82) is 0 Å². The van der Waals surface area contributed by atoms with Crippen LogP contribution < -0.4 is 0 Å². The summed E-state index contributed by atoms with van der Waals surface area (Å²) in [6, 6.07) is -0.986. The van der Waals surface area contributed by atoms with Crippen LogP contribution in [0.3, 0.4) is 0 Å². The summed E-state index contributed by atoms with van der Waals surface area (Å²) in [5, 5.41) is 3.68. The van der Waals surface area contributed by atoms with Crippen LogP contribution in [-0.2, 0) is 10.2 Å². The number of alkyl halides is 1. The Morgan fingerprint density at radius 1 is 1.25 bits per heavy atom. The molecule has 0 saturated carbocycles. The van der Waals surface area contributed by atoms with Crippen molar-refractivity contribution in [2.75, 3.05) is 6.54 Å². The number of likely N-dealkylation sites (tertiary alicyclic amines) is 1. The molecule has 0 aromatic carbocycles. The molecule has 1 aliphatic heterocycles. The Hall–Kier alpha value is -1.99. The Kier molecular flexibility index (Phi) is 4.70. The van der Waals surface area contributed by atoms with Crippen LogP contribution in [0.5, 0.6) is 0 Å². The van der Waals surface area contributed by atoms with Gasteiger partial charge >= 0.3 is 6.09 Å². The molecule has 0 radical (unpaired) electrons. The fraction of sp³-hybridized carbons (Fsp3) is 0.750. The second-order valence-corrected chi connectivity index (χ2v) is 8.02. The Morgan fingerprint density at radius 3 is 2.38 bits per heavy atom. The van der Waals surface area contributed by atoms with E-state index in [2.05, 4.69) is 10.1 Å². The molecule has 0 bridgehead atoms. The van der Waals surface area contributed by atoms with Crippen LogP contribution in [0.1, 0.15) is 64.5 Å². The highest BCUT2D eigenvalue weighted by molar-refractivity contribution is 5.98. The van der Waals surface area contributed by atoms with Crippen LogP contribution in [0.25, 0.3) is 0 Å². The molecule has 1 amide bonds. The second-order valence-electron chi connectivity index (χ2n) is 8.02. The molecule has 0 spiro atoms. The minimum Gasteiger partial charge on any atom is -0.444 e. The largest absolute Gasteiger partial charge is 0.444 e. The van der Waals surface area contributed by atoms with Crippen LogP contribution in [0.15, 0.2) is 4.52 Å². The molecule has 0 N–H and O–H groups in total. The number of hydrogen-bond acceptors (Lipinski definition) is 6. The van der Waals surface area contributed by atoms with Gasteiger partial charge in [-0.25, -0.2) is 9.18 Å². The molecule has 7 nitrogen and oxygen atoms in total. The standard InChI is InChI=1S/C16H24FN3O4/c1-15(2,3)13-18-12(19-24-13)11(21)10-7-9(17)8-20(10)14(22)23-16(4,5)6/h9-10H,7-8H2,1-6H3/t9-,10+/m0/s1. The SMILES string of the molecule is CC(C)(C)OC(=O)N1C[C@@H](F)C[C@@H]1C(=O)c1noc(C(C)(C)C)n1. The van der Waals surface area contributed by atoms with Crippen molar-refractivity contribution in [3.8, 4) is 0 Å². The molecule has 1 aromatic rings. The zero-order chi connectivity index (χ0) is 18.3. The van der Waals surface area contributed by atoms with Crippen LogP contribution >= 0.6 is 0 Å². The summed E-state index contributed by atoms with van der Waals surface area (Å²) >= 11 is 0. The molecule has 2 heterocycles. The van der Waals surface area contributed by atoms with Crippen molar-refractivity contribution in [2.45, 2.75) is 71.2 Å². The van der Waals surface area contributed by atoms with E-state index in [1.807, 2.05) is 20.8 Å².